The number of benzene rings is 1. The summed E-state index contributed by atoms with van der Waals surface area (Å²) in [6.45, 7) is 0. The molecule has 1 rings (SSSR count). The number of nitro benzene ring substituents is 1. The molecule has 62 valence electrons. The van der Waals surface area contributed by atoms with Gasteiger partial charge in [0.05, 0.1) is 16.6 Å². The SMILES string of the molecule is N#Cc1ccc(C#N)c([N+](=O)[O-])c1. The van der Waals surface area contributed by atoms with E-state index < -0.39 is 4.92 Å². The quantitative estimate of drug-likeness (QED) is 0.473. The zero-order valence-corrected chi connectivity index (χ0v) is 6.39. The molecule has 0 aliphatic carbocycles. The first-order chi connectivity index (χ1) is 6.19. The molecule has 0 aromatic heterocycles. The summed E-state index contributed by atoms with van der Waals surface area (Å²) in [5, 5.41) is 27.3. The first-order valence-corrected chi connectivity index (χ1v) is 3.27. The van der Waals surface area contributed by atoms with Crippen molar-refractivity contribution in [3.63, 3.8) is 0 Å². The van der Waals surface area contributed by atoms with Crippen LogP contribution in [0.5, 0.6) is 0 Å². The van der Waals surface area contributed by atoms with E-state index in [0.29, 0.717) is 0 Å². The molecule has 0 aliphatic rings. The van der Waals surface area contributed by atoms with Crippen LogP contribution >= 0.6 is 0 Å². The second-order valence-corrected chi connectivity index (χ2v) is 2.21. The van der Waals surface area contributed by atoms with E-state index in [9.17, 15) is 10.1 Å². The molecule has 0 fully saturated rings. The molecule has 0 spiro atoms. The molecule has 5 nitrogen and oxygen atoms in total. The summed E-state index contributed by atoms with van der Waals surface area (Å²) in [7, 11) is 0. The Hall–Kier alpha value is -2.40. The molecular formula is C8H3N3O2. The summed E-state index contributed by atoms with van der Waals surface area (Å²) in [5.41, 5.74) is -0.198. The molecular weight excluding hydrogens is 170 g/mol. The van der Waals surface area contributed by atoms with Crippen molar-refractivity contribution in [2.45, 2.75) is 0 Å². The van der Waals surface area contributed by atoms with Crippen molar-refractivity contribution in [3.05, 3.63) is 39.4 Å². The molecule has 0 unspecified atom stereocenters. The second kappa shape index (κ2) is 3.33. The smallest absolute Gasteiger partial charge is 0.258 e. The Morgan fingerprint density at radius 2 is 2.00 bits per heavy atom. The van der Waals surface area contributed by atoms with Gasteiger partial charge >= 0.3 is 0 Å². The molecule has 0 bridgehead atoms. The van der Waals surface area contributed by atoms with E-state index in [1.165, 1.54) is 12.1 Å². The Bertz CT molecular complexity index is 440. The molecule has 0 saturated carbocycles. The average molecular weight is 173 g/mol. The van der Waals surface area contributed by atoms with E-state index in [4.69, 9.17) is 10.5 Å². The fourth-order valence-electron chi connectivity index (χ4n) is 0.847. The van der Waals surface area contributed by atoms with Crippen molar-refractivity contribution in [2.75, 3.05) is 0 Å². The molecule has 13 heavy (non-hydrogen) atoms. The van der Waals surface area contributed by atoms with Crippen molar-refractivity contribution >= 4 is 5.69 Å². The van der Waals surface area contributed by atoms with Gasteiger partial charge in [0.2, 0.25) is 0 Å². The molecule has 0 N–H and O–H groups in total. The molecule has 0 atom stereocenters. The van der Waals surface area contributed by atoms with Crippen molar-refractivity contribution in [1.82, 2.24) is 0 Å². The van der Waals surface area contributed by atoms with Gasteiger partial charge < -0.3 is 0 Å². The van der Waals surface area contributed by atoms with Crippen LogP contribution in [0.25, 0.3) is 0 Å². The van der Waals surface area contributed by atoms with E-state index in [2.05, 4.69) is 0 Å². The third-order valence-electron chi connectivity index (χ3n) is 1.44. The molecule has 0 amide bonds. The Kier molecular flexibility index (Phi) is 2.23. The third kappa shape index (κ3) is 1.60. The van der Waals surface area contributed by atoms with Gasteiger partial charge in [-0.15, -0.1) is 0 Å². The summed E-state index contributed by atoms with van der Waals surface area (Å²) in [6, 6.07) is 7.15. The Labute approximate surface area is 73.6 Å². The van der Waals surface area contributed by atoms with Crippen LogP contribution in [0.2, 0.25) is 0 Å². The molecule has 0 heterocycles. The van der Waals surface area contributed by atoms with Crippen molar-refractivity contribution in [1.29, 1.82) is 10.5 Å². The van der Waals surface area contributed by atoms with E-state index in [1.54, 1.807) is 12.1 Å². The van der Waals surface area contributed by atoms with Crippen LogP contribution in [0.4, 0.5) is 5.69 Å². The Balaban J connectivity index is 3.39. The van der Waals surface area contributed by atoms with E-state index in [-0.39, 0.29) is 16.8 Å². The van der Waals surface area contributed by atoms with Gasteiger partial charge in [-0.3, -0.25) is 10.1 Å². The highest BCUT2D eigenvalue weighted by Gasteiger charge is 2.13. The van der Waals surface area contributed by atoms with Crippen LogP contribution < -0.4 is 0 Å². The lowest BCUT2D eigenvalue weighted by molar-refractivity contribution is -0.385. The largest absolute Gasteiger partial charge is 0.288 e. The summed E-state index contributed by atoms with van der Waals surface area (Å²) in [5.74, 6) is 0. The van der Waals surface area contributed by atoms with Crippen molar-refractivity contribution in [2.24, 2.45) is 0 Å². The minimum absolute atomic E-state index is 0.0380. The monoisotopic (exact) mass is 173 g/mol. The van der Waals surface area contributed by atoms with Gasteiger partial charge in [-0.2, -0.15) is 10.5 Å². The maximum atomic E-state index is 10.4. The van der Waals surface area contributed by atoms with Gasteiger partial charge in [0.15, 0.2) is 0 Å². The van der Waals surface area contributed by atoms with E-state index in [0.717, 1.165) is 6.07 Å². The summed E-state index contributed by atoms with van der Waals surface area (Å²) < 4.78 is 0. The minimum atomic E-state index is -0.681. The normalized spacial score (nSPS) is 8.46. The number of hydrogen-bond donors (Lipinski definition) is 0. The minimum Gasteiger partial charge on any atom is -0.258 e. The predicted molar refractivity (Wildman–Crippen MR) is 42.5 cm³/mol. The third-order valence-corrected chi connectivity index (χ3v) is 1.44. The molecule has 1 aromatic carbocycles. The first kappa shape index (κ1) is 8.69. The number of nitriles is 2. The standard InChI is InChI=1S/C8H3N3O2/c9-4-6-1-2-7(5-10)8(3-6)11(12)13/h1-3H. The topological polar surface area (TPSA) is 90.7 Å². The highest BCUT2D eigenvalue weighted by Crippen LogP contribution is 2.18. The first-order valence-electron chi connectivity index (χ1n) is 3.27. The van der Waals surface area contributed by atoms with Crippen LogP contribution in [0, 0.1) is 32.8 Å². The highest BCUT2D eigenvalue weighted by molar-refractivity contribution is 5.52. The van der Waals surface area contributed by atoms with Crippen molar-refractivity contribution < 1.29 is 4.92 Å². The maximum absolute atomic E-state index is 10.4. The second-order valence-electron chi connectivity index (χ2n) is 2.21. The van der Waals surface area contributed by atoms with Crippen LogP contribution in [-0.2, 0) is 0 Å². The van der Waals surface area contributed by atoms with Gasteiger partial charge in [0.1, 0.15) is 11.6 Å². The lowest BCUT2D eigenvalue weighted by Gasteiger charge is -1.93. The molecule has 0 aliphatic heterocycles. The van der Waals surface area contributed by atoms with Crippen LogP contribution in [-0.4, -0.2) is 4.92 Å². The molecule has 1 aromatic rings. The zero-order chi connectivity index (χ0) is 9.84. The number of rotatable bonds is 1. The predicted octanol–water partition coefficient (Wildman–Crippen LogP) is 1.34. The molecule has 0 radical (unpaired) electrons. The zero-order valence-electron chi connectivity index (χ0n) is 6.39. The summed E-state index contributed by atoms with van der Waals surface area (Å²) in [4.78, 5) is 9.71. The fourth-order valence-corrected chi connectivity index (χ4v) is 0.847. The van der Waals surface area contributed by atoms with Gasteiger partial charge in [-0.25, -0.2) is 0 Å². The van der Waals surface area contributed by atoms with Gasteiger partial charge in [0, 0.05) is 6.07 Å². The average Bonchev–Trinajstić information content (AvgIpc) is 2.16. The van der Waals surface area contributed by atoms with E-state index >= 15 is 0 Å². The van der Waals surface area contributed by atoms with E-state index in [1.807, 2.05) is 0 Å². The number of hydrogen-bond acceptors (Lipinski definition) is 4. The number of nitro groups is 1. The van der Waals surface area contributed by atoms with Crippen LogP contribution in [0.15, 0.2) is 18.2 Å². The maximum Gasteiger partial charge on any atom is 0.288 e. The highest BCUT2D eigenvalue weighted by atomic mass is 16.6. The van der Waals surface area contributed by atoms with Crippen LogP contribution in [0.1, 0.15) is 11.1 Å². The fraction of sp³-hybridized carbons (Fsp3) is 0. The molecule has 0 saturated heterocycles. The summed E-state index contributed by atoms with van der Waals surface area (Å²) in [6.07, 6.45) is 0. The van der Waals surface area contributed by atoms with Gasteiger partial charge in [-0.1, -0.05) is 0 Å². The lowest BCUT2D eigenvalue weighted by Crippen LogP contribution is -1.92. The Morgan fingerprint density at radius 3 is 2.46 bits per heavy atom. The van der Waals surface area contributed by atoms with Crippen LogP contribution in [0.3, 0.4) is 0 Å². The lowest BCUT2D eigenvalue weighted by atomic mass is 10.1. The van der Waals surface area contributed by atoms with Crippen molar-refractivity contribution in [3.8, 4) is 12.1 Å². The molecule has 5 heteroatoms. The number of nitrogens with zero attached hydrogens (tertiary/aromatic N) is 3. The van der Waals surface area contributed by atoms with Gasteiger partial charge in [-0.05, 0) is 12.1 Å². The Morgan fingerprint density at radius 1 is 1.31 bits per heavy atom. The summed E-state index contributed by atoms with van der Waals surface area (Å²) >= 11 is 0. The van der Waals surface area contributed by atoms with Gasteiger partial charge in [0.25, 0.3) is 5.69 Å².